The number of carbonyl (C=O) groups is 1. The minimum Gasteiger partial charge on any atom is -0.492 e. The van der Waals surface area contributed by atoms with Crippen molar-refractivity contribution in [3.63, 3.8) is 0 Å². The molecule has 0 saturated carbocycles. The summed E-state index contributed by atoms with van der Waals surface area (Å²) in [5.74, 6) is -0.244. The highest BCUT2D eigenvalue weighted by Crippen LogP contribution is 2.38. The van der Waals surface area contributed by atoms with E-state index in [9.17, 15) is 13.2 Å². The predicted molar refractivity (Wildman–Crippen MR) is 95.4 cm³/mol. The summed E-state index contributed by atoms with van der Waals surface area (Å²) in [4.78, 5) is 12.2. The zero-order chi connectivity index (χ0) is 18.2. The van der Waals surface area contributed by atoms with Crippen LogP contribution in [0.15, 0.2) is 47.4 Å². The quantitative estimate of drug-likeness (QED) is 0.884. The summed E-state index contributed by atoms with van der Waals surface area (Å²) in [5.41, 5.74) is 1.53. The molecule has 1 N–H and O–H groups in total. The van der Waals surface area contributed by atoms with Gasteiger partial charge in [-0.1, -0.05) is 29.3 Å². The third kappa shape index (κ3) is 3.71. The first-order chi connectivity index (χ1) is 11.8. The van der Waals surface area contributed by atoms with Gasteiger partial charge in [-0.3, -0.25) is 4.79 Å². The molecule has 0 spiro atoms. The van der Waals surface area contributed by atoms with Crippen LogP contribution < -0.4 is 9.46 Å². The van der Waals surface area contributed by atoms with Crippen LogP contribution in [0.1, 0.15) is 24.1 Å². The molecule has 5 nitrogen and oxygen atoms in total. The number of aryl methyl sites for hydroxylation is 1. The predicted octanol–water partition coefficient (Wildman–Crippen LogP) is 3.27. The summed E-state index contributed by atoms with van der Waals surface area (Å²) in [6.07, 6.45) is 0. The molecule has 0 aromatic heterocycles. The summed E-state index contributed by atoms with van der Waals surface area (Å²) < 4.78 is 33.8. The maximum Gasteiger partial charge on any atom is 0.241 e. The molecule has 2 atom stereocenters. The fourth-order valence-electron chi connectivity index (χ4n) is 2.84. The second-order valence-corrected chi connectivity index (χ2v) is 8.27. The summed E-state index contributed by atoms with van der Waals surface area (Å²) in [6.45, 7) is 3.42. The van der Waals surface area contributed by atoms with E-state index in [1.165, 1.54) is 6.92 Å². The van der Waals surface area contributed by atoms with Crippen molar-refractivity contribution in [3.05, 3.63) is 58.6 Å². The number of hydrogen-bond donors (Lipinski definition) is 1. The van der Waals surface area contributed by atoms with Crippen molar-refractivity contribution < 1.29 is 17.9 Å². The lowest BCUT2D eigenvalue weighted by Gasteiger charge is -2.32. The molecule has 0 amide bonds. The van der Waals surface area contributed by atoms with Gasteiger partial charge in [-0.05, 0) is 44.2 Å². The van der Waals surface area contributed by atoms with Crippen molar-refractivity contribution in [2.75, 3.05) is 6.61 Å². The number of Topliss-reactive ketones (excluding diaryl/α,β-unsaturated/α-hetero) is 1. The molecule has 2 unspecified atom stereocenters. The molecule has 25 heavy (non-hydrogen) atoms. The molecule has 7 heteroatoms. The zero-order valence-corrected chi connectivity index (χ0v) is 15.4. The Morgan fingerprint density at radius 2 is 1.88 bits per heavy atom. The van der Waals surface area contributed by atoms with Gasteiger partial charge in [-0.2, -0.15) is 0 Å². The summed E-state index contributed by atoms with van der Waals surface area (Å²) in [7, 11) is -3.80. The molecule has 2 aromatic carbocycles. The molecule has 0 aliphatic carbocycles. The van der Waals surface area contributed by atoms with E-state index in [0.29, 0.717) is 16.3 Å². The van der Waals surface area contributed by atoms with Gasteiger partial charge in [-0.25, -0.2) is 13.1 Å². The number of fused-ring (bicyclic) bond motifs is 1. The van der Waals surface area contributed by atoms with E-state index >= 15 is 0 Å². The summed E-state index contributed by atoms with van der Waals surface area (Å²) >= 11 is 6.06. The van der Waals surface area contributed by atoms with E-state index in [-0.39, 0.29) is 17.3 Å². The van der Waals surface area contributed by atoms with Gasteiger partial charge in [-0.15, -0.1) is 0 Å². The lowest BCUT2D eigenvalue weighted by molar-refractivity contribution is -0.123. The highest BCUT2D eigenvalue weighted by atomic mass is 35.5. The molecule has 2 aromatic rings. The van der Waals surface area contributed by atoms with Crippen LogP contribution in [-0.2, 0) is 14.8 Å². The van der Waals surface area contributed by atoms with Crippen LogP contribution in [0.25, 0.3) is 0 Å². The van der Waals surface area contributed by atoms with Gasteiger partial charge in [0.1, 0.15) is 11.5 Å². The summed E-state index contributed by atoms with van der Waals surface area (Å²) in [5, 5.41) is 0.450. The first-order valence-electron chi connectivity index (χ1n) is 7.79. The highest BCUT2D eigenvalue weighted by molar-refractivity contribution is 7.89. The number of nitrogens with one attached hydrogen (secondary N) is 1. The number of carbonyl (C=O) groups excluding carboxylic acids is 1. The molecule has 1 aliphatic heterocycles. The average molecular weight is 380 g/mol. The Kier molecular flexibility index (Phi) is 4.86. The molecule has 1 heterocycles. The second kappa shape index (κ2) is 6.78. The number of sulfonamides is 1. The summed E-state index contributed by atoms with van der Waals surface area (Å²) in [6, 6.07) is 10.8. The number of hydrogen-bond acceptors (Lipinski definition) is 4. The van der Waals surface area contributed by atoms with Gasteiger partial charge in [0, 0.05) is 10.6 Å². The Hall–Kier alpha value is -1.89. The van der Waals surface area contributed by atoms with E-state index in [4.69, 9.17) is 16.3 Å². The fraction of sp³-hybridized carbons (Fsp3) is 0.278. The first kappa shape index (κ1) is 17.9. The lowest BCUT2D eigenvalue weighted by atomic mass is 9.89. The van der Waals surface area contributed by atoms with Crippen LogP contribution >= 0.6 is 11.6 Å². The van der Waals surface area contributed by atoms with Gasteiger partial charge in [0.15, 0.2) is 0 Å². The monoisotopic (exact) mass is 379 g/mol. The number of benzene rings is 2. The van der Waals surface area contributed by atoms with Crippen LogP contribution in [0.5, 0.6) is 5.75 Å². The smallest absolute Gasteiger partial charge is 0.241 e. The van der Waals surface area contributed by atoms with Gasteiger partial charge in [0.25, 0.3) is 0 Å². The SMILES string of the molecule is CC(=O)C1COc2ccc(Cl)cc2C1NS(=O)(=O)c1ccc(C)cc1. The first-order valence-corrected chi connectivity index (χ1v) is 9.66. The zero-order valence-electron chi connectivity index (χ0n) is 13.8. The van der Waals surface area contributed by atoms with Crippen LogP contribution in [0.4, 0.5) is 0 Å². The Morgan fingerprint density at radius 1 is 1.20 bits per heavy atom. The Balaban J connectivity index is 2.02. The Morgan fingerprint density at radius 3 is 2.52 bits per heavy atom. The molecule has 132 valence electrons. The second-order valence-electron chi connectivity index (χ2n) is 6.12. The number of rotatable bonds is 4. The van der Waals surface area contributed by atoms with Crippen LogP contribution in [0.3, 0.4) is 0 Å². The Bertz CT molecular complexity index is 909. The third-order valence-electron chi connectivity index (χ3n) is 4.26. The number of ether oxygens (including phenoxy) is 1. The van der Waals surface area contributed by atoms with E-state index in [2.05, 4.69) is 4.72 Å². The normalized spacial score (nSPS) is 19.8. The van der Waals surface area contributed by atoms with Gasteiger partial charge in [0.05, 0.1) is 23.5 Å². The molecule has 0 saturated heterocycles. The van der Waals surface area contributed by atoms with Crippen molar-refractivity contribution in [2.45, 2.75) is 24.8 Å². The minimum absolute atomic E-state index is 0.116. The maximum atomic E-state index is 12.8. The molecule has 0 radical (unpaired) electrons. The van der Waals surface area contributed by atoms with E-state index in [1.807, 2.05) is 6.92 Å². The van der Waals surface area contributed by atoms with Crippen molar-refractivity contribution >= 4 is 27.4 Å². The van der Waals surface area contributed by atoms with Crippen LogP contribution in [-0.4, -0.2) is 20.8 Å². The van der Waals surface area contributed by atoms with Crippen molar-refractivity contribution in [3.8, 4) is 5.75 Å². The lowest BCUT2D eigenvalue weighted by Crippen LogP contribution is -2.41. The maximum absolute atomic E-state index is 12.8. The molecule has 1 aliphatic rings. The van der Waals surface area contributed by atoms with E-state index in [0.717, 1.165) is 5.56 Å². The fourth-order valence-corrected chi connectivity index (χ4v) is 4.27. The number of halogens is 1. The van der Waals surface area contributed by atoms with Gasteiger partial charge >= 0.3 is 0 Å². The molecule has 0 fully saturated rings. The minimum atomic E-state index is -3.80. The van der Waals surface area contributed by atoms with E-state index < -0.39 is 22.0 Å². The van der Waals surface area contributed by atoms with Crippen LogP contribution in [0.2, 0.25) is 5.02 Å². The molecular formula is C18H18ClNO4S. The van der Waals surface area contributed by atoms with E-state index in [1.54, 1.807) is 42.5 Å². The van der Waals surface area contributed by atoms with Gasteiger partial charge < -0.3 is 4.74 Å². The third-order valence-corrected chi connectivity index (χ3v) is 5.96. The van der Waals surface area contributed by atoms with Crippen molar-refractivity contribution in [1.29, 1.82) is 0 Å². The highest BCUT2D eigenvalue weighted by Gasteiger charge is 2.37. The largest absolute Gasteiger partial charge is 0.492 e. The molecule has 3 rings (SSSR count). The molecule has 0 bridgehead atoms. The topological polar surface area (TPSA) is 72.5 Å². The van der Waals surface area contributed by atoms with Crippen LogP contribution in [0, 0.1) is 12.8 Å². The van der Waals surface area contributed by atoms with Gasteiger partial charge in [0.2, 0.25) is 10.0 Å². The standard InChI is InChI=1S/C18H18ClNO4S/c1-11-3-6-14(7-4-11)25(22,23)20-18-15-9-13(19)5-8-17(15)24-10-16(18)12(2)21/h3-9,16,18,20H,10H2,1-2H3. The Labute approximate surface area is 152 Å². The number of ketones is 1. The average Bonchev–Trinajstić information content (AvgIpc) is 2.55. The molecular weight excluding hydrogens is 362 g/mol. The van der Waals surface area contributed by atoms with Crippen molar-refractivity contribution in [2.24, 2.45) is 5.92 Å². The van der Waals surface area contributed by atoms with Crippen molar-refractivity contribution in [1.82, 2.24) is 4.72 Å².